The summed E-state index contributed by atoms with van der Waals surface area (Å²) in [5, 5.41) is 3.77. The van der Waals surface area contributed by atoms with E-state index in [1.54, 1.807) is 10.9 Å². The van der Waals surface area contributed by atoms with Crippen molar-refractivity contribution in [1.29, 1.82) is 0 Å². The van der Waals surface area contributed by atoms with Crippen LogP contribution in [0.25, 0.3) is 16.7 Å². The van der Waals surface area contributed by atoms with E-state index < -0.39 is 0 Å². The number of carbonyl (C=O) groups is 1. The van der Waals surface area contributed by atoms with Crippen LogP contribution >= 0.6 is 0 Å². The molecule has 10 nitrogen and oxygen atoms in total. The van der Waals surface area contributed by atoms with Crippen LogP contribution in [0.1, 0.15) is 18.4 Å². The molecule has 0 aliphatic carbocycles. The maximum atomic E-state index is 13.5. The number of allylic oxidation sites excluding steroid dienone is 2. The van der Waals surface area contributed by atoms with Crippen LogP contribution in [-0.4, -0.2) is 69.9 Å². The number of amides is 1. The summed E-state index contributed by atoms with van der Waals surface area (Å²) in [6, 6.07) is 14.3. The zero-order valence-corrected chi connectivity index (χ0v) is 22.6. The molecule has 40 heavy (non-hydrogen) atoms. The topological polar surface area (TPSA) is 91.5 Å². The molecule has 0 radical (unpaired) electrons. The fourth-order valence-electron chi connectivity index (χ4n) is 5.85. The first kappa shape index (κ1) is 24.6. The molecule has 2 bridgehead atoms. The van der Waals surface area contributed by atoms with Gasteiger partial charge in [0.15, 0.2) is 5.65 Å². The van der Waals surface area contributed by atoms with Crippen molar-refractivity contribution in [1.82, 2.24) is 24.2 Å². The van der Waals surface area contributed by atoms with Crippen molar-refractivity contribution in [2.45, 2.75) is 25.8 Å². The number of likely N-dealkylation sites (N-methyl/N-ethyl adjacent to an activating group) is 1. The molecule has 0 unspecified atom stereocenters. The van der Waals surface area contributed by atoms with E-state index in [2.05, 4.69) is 45.4 Å². The number of piperazine rings is 1. The lowest BCUT2D eigenvalue weighted by atomic mass is 10.1. The highest BCUT2D eigenvalue weighted by molar-refractivity contribution is 6.01. The first-order chi connectivity index (χ1) is 19.5. The zero-order valence-electron chi connectivity index (χ0n) is 22.6. The van der Waals surface area contributed by atoms with E-state index in [4.69, 9.17) is 4.98 Å². The van der Waals surface area contributed by atoms with E-state index in [1.807, 2.05) is 46.0 Å². The number of nitrogens with zero attached hydrogens (tertiary/aromatic N) is 7. The molecule has 7 rings (SSSR count). The van der Waals surface area contributed by atoms with Crippen LogP contribution in [0, 0.1) is 0 Å². The highest BCUT2D eigenvalue weighted by atomic mass is 16.2. The van der Waals surface area contributed by atoms with Gasteiger partial charge in [0.1, 0.15) is 5.39 Å². The lowest BCUT2D eigenvalue weighted by Crippen LogP contribution is -2.44. The van der Waals surface area contributed by atoms with Crippen molar-refractivity contribution in [3.63, 3.8) is 0 Å². The number of benzene rings is 2. The number of hydrogen-bond acceptors (Lipinski definition) is 7. The summed E-state index contributed by atoms with van der Waals surface area (Å²) in [5.74, 6) is 0.538. The van der Waals surface area contributed by atoms with Crippen LogP contribution in [0.5, 0.6) is 0 Å². The van der Waals surface area contributed by atoms with Crippen molar-refractivity contribution >= 4 is 40.0 Å². The minimum Gasteiger partial charge on any atom is -0.369 e. The summed E-state index contributed by atoms with van der Waals surface area (Å²) in [4.78, 5) is 42.1. The summed E-state index contributed by atoms with van der Waals surface area (Å²) in [5.41, 5.74) is 5.19. The molecule has 1 saturated heterocycles. The van der Waals surface area contributed by atoms with Crippen LogP contribution < -0.4 is 20.7 Å². The Bertz CT molecular complexity index is 1680. The van der Waals surface area contributed by atoms with E-state index in [-0.39, 0.29) is 11.5 Å². The van der Waals surface area contributed by atoms with Crippen LogP contribution in [-0.2, 0) is 17.8 Å². The molecule has 5 heterocycles. The number of anilines is 4. The van der Waals surface area contributed by atoms with Gasteiger partial charge in [-0.05, 0) is 61.9 Å². The lowest BCUT2D eigenvalue weighted by Gasteiger charge is -2.34. The molecule has 3 aliphatic heterocycles. The minimum absolute atomic E-state index is 0.121. The fraction of sp³-hybridized carbons (Fsp3) is 0.333. The fourth-order valence-corrected chi connectivity index (χ4v) is 5.85. The number of aromatic nitrogens is 4. The van der Waals surface area contributed by atoms with Gasteiger partial charge in [-0.1, -0.05) is 18.2 Å². The van der Waals surface area contributed by atoms with Crippen molar-refractivity contribution in [3.05, 3.63) is 76.7 Å². The van der Waals surface area contributed by atoms with Crippen molar-refractivity contribution < 1.29 is 4.79 Å². The molecule has 1 N–H and O–H groups in total. The van der Waals surface area contributed by atoms with Crippen molar-refractivity contribution in [3.8, 4) is 5.69 Å². The normalized spacial score (nSPS) is 18.4. The van der Waals surface area contributed by atoms with Gasteiger partial charge < -0.3 is 20.0 Å². The third-order valence-electron chi connectivity index (χ3n) is 8.11. The average molecular weight is 537 g/mol. The summed E-state index contributed by atoms with van der Waals surface area (Å²) >= 11 is 0. The van der Waals surface area contributed by atoms with Gasteiger partial charge in [-0.3, -0.25) is 9.59 Å². The predicted molar refractivity (Wildman–Crippen MR) is 157 cm³/mol. The van der Waals surface area contributed by atoms with Gasteiger partial charge in [0.25, 0.3) is 5.56 Å². The van der Waals surface area contributed by atoms with Gasteiger partial charge in [0.2, 0.25) is 11.9 Å². The Balaban J connectivity index is 1.26. The first-order valence-electron chi connectivity index (χ1n) is 13.9. The predicted octanol–water partition coefficient (Wildman–Crippen LogP) is 3.32. The molecule has 4 aromatic rings. The molecule has 10 heteroatoms. The highest BCUT2D eigenvalue weighted by Crippen LogP contribution is 2.32. The van der Waals surface area contributed by atoms with Crippen molar-refractivity contribution in [2.24, 2.45) is 0 Å². The Morgan fingerprint density at radius 1 is 0.900 bits per heavy atom. The molecular weight excluding hydrogens is 504 g/mol. The van der Waals surface area contributed by atoms with E-state index in [9.17, 15) is 9.59 Å². The zero-order chi connectivity index (χ0) is 27.2. The van der Waals surface area contributed by atoms with Crippen LogP contribution in [0.4, 0.5) is 23.0 Å². The van der Waals surface area contributed by atoms with Crippen LogP contribution in [0.3, 0.4) is 0 Å². The second-order valence-electron chi connectivity index (χ2n) is 10.7. The monoisotopic (exact) mass is 536 g/mol. The third kappa shape index (κ3) is 4.34. The average Bonchev–Trinajstić information content (AvgIpc) is 3.42. The number of rotatable bonds is 3. The smallest absolute Gasteiger partial charge is 0.278 e. The van der Waals surface area contributed by atoms with E-state index in [0.717, 1.165) is 61.6 Å². The van der Waals surface area contributed by atoms with Gasteiger partial charge in [0, 0.05) is 56.0 Å². The molecule has 1 amide bonds. The standard InChI is InChI=1S/C30H32N8O2/c1-34-14-16-35(17-15-34)23-10-7-22(8-11-23)32-30-31-20-25-28(33-30)38-24-9-6-21-18-27(39)36(26(21)19-24)12-4-2-3-5-13-37(38)29(25)40/h3,5-11,19-20H,2,4,12-18H2,1H3,(H,31,32,33)/b5-3-. The highest BCUT2D eigenvalue weighted by Gasteiger charge is 2.28. The summed E-state index contributed by atoms with van der Waals surface area (Å²) < 4.78 is 3.54. The SMILES string of the molecule is CN1CCN(c2ccc(Nc3ncc4c(=O)n5n(c4n3)-c3ccc4c(c3)N(CCC/C=C\C5)C(=O)C4)cc2)CC1. The molecule has 0 spiro atoms. The minimum atomic E-state index is -0.145. The molecular formula is C30H32N8O2. The largest absolute Gasteiger partial charge is 0.369 e. The second kappa shape index (κ2) is 9.95. The van der Waals surface area contributed by atoms with E-state index in [0.29, 0.717) is 36.5 Å². The van der Waals surface area contributed by atoms with Crippen LogP contribution in [0.2, 0.25) is 0 Å². The summed E-state index contributed by atoms with van der Waals surface area (Å²) in [6.07, 6.45) is 7.82. The summed E-state index contributed by atoms with van der Waals surface area (Å²) in [7, 11) is 2.16. The molecule has 204 valence electrons. The molecule has 2 aromatic carbocycles. The molecule has 3 aliphatic rings. The number of carbonyl (C=O) groups excluding carboxylic acids is 1. The first-order valence-corrected chi connectivity index (χ1v) is 13.9. The Hall–Kier alpha value is -4.44. The van der Waals surface area contributed by atoms with Crippen LogP contribution in [0.15, 0.2) is 65.6 Å². The van der Waals surface area contributed by atoms with Gasteiger partial charge in [-0.25, -0.2) is 14.3 Å². The maximum absolute atomic E-state index is 13.5. The van der Waals surface area contributed by atoms with Gasteiger partial charge >= 0.3 is 0 Å². The molecule has 0 saturated carbocycles. The number of nitrogens with one attached hydrogen (secondary N) is 1. The van der Waals surface area contributed by atoms with Gasteiger partial charge in [0.05, 0.1) is 18.7 Å². The quantitative estimate of drug-likeness (QED) is 0.402. The van der Waals surface area contributed by atoms with Gasteiger partial charge in [-0.2, -0.15) is 4.98 Å². The Morgan fingerprint density at radius 3 is 2.52 bits per heavy atom. The molecule has 0 atom stereocenters. The number of fused-ring (bicyclic) bond motifs is 5. The Morgan fingerprint density at radius 2 is 1.70 bits per heavy atom. The Labute approximate surface area is 232 Å². The second-order valence-corrected chi connectivity index (χ2v) is 10.7. The van der Waals surface area contributed by atoms with E-state index in [1.165, 1.54) is 5.69 Å². The Kier molecular flexibility index (Phi) is 6.11. The lowest BCUT2D eigenvalue weighted by molar-refractivity contribution is -0.117. The summed E-state index contributed by atoms with van der Waals surface area (Å²) in [6.45, 7) is 5.25. The number of hydrogen-bond donors (Lipinski definition) is 1. The van der Waals surface area contributed by atoms with E-state index >= 15 is 0 Å². The third-order valence-corrected chi connectivity index (χ3v) is 8.11. The van der Waals surface area contributed by atoms with Gasteiger partial charge in [-0.15, -0.1) is 0 Å². The molecule has 2 aromatic heterocycles. The molecule has 1 fully saturated rings. The van der Waals surface area contributed by atoms with Crippen molar-refractivity contribution in [2.75, 3.05) is 54.9 Å². The maximum Gasteiger partial charge on any atom is 0.278 e.